The van der Waals surface area contributed by atoms with Crippen molar-refractivity contribution in [2.24, 2.45) is 11.8 Å². The molecule has 0 unspecified atom stereocenters. The molecule has 0 atom stereocenters. The predicted molar refractivity (Wildman–Crippen MR) is 43.3 cm³/mol. The zero-order chi connectivity index (χ0) is 6.55. The van der Waals surface area contributed by atoms with Crippen LogP contribution in [0.5, 0.6) is 0 Å². The first-order valence-electron chi connectivity index (χ1n) is 4.55. The van der Waals surface area contributed by atoms with Crippen molar-refractivity contribution in [1.29, 1.82) is 0 Å². The van der Waals surface area contributed by atoms with Gasteiger partial charge in [0.2, 0.25) is 0 Å². The summed E-state index contributed by atoms with van der Waals surface area (Å²) in [6.45, 7) is 0. The van der Waals surface area contributed by atoms with Gasteiger partial charge in [-0.05, 0) is 0 Å². The van der Waals surface area contributed by atoms with Gasteiger partial charge in [-0.2, -0.15) is 0 Å². The molecule has 2 aliphatic carbocycles. The van der Waals surface area contributed by atoms with E-state index in [-0.39, 0.29) is 0 Å². The number of hydrogen-bond donors (Lipinski definition) is 0. The molecule has 0 spiro atoms. The summed E-state index contributed by atoms with van der Waals surface area (Å²) >= 11 is 1.08. The Bertz CT molecular complexity index is 96.3. The fourth-order valence-corrected chi connectivity index (χ4v) is 7.58. The van der Waals surface area contributed by atoms with Crippen LogP contribution in [0.3, 0.4) is 0 Å². The molecule has 10 heavy (non-hydrogen) atoms. The summed E-state index contributed by atoms with van der Waals surface area (Å²) in [5, 5.41) is 0. The summed E-state index contributed by atoms with van der Waals surface area (Å²) in [5.74, 6) is 2.39. The van der Waals surface area contributed by atoms with Gasteiger partial charge in [-0.3, -0.25) is 0 Å². The quantitative estimate of drug-likeness (QED) is 0.528. The molecule has 0 radical (unpaired) electrons. The maximum absolute atomic E-state index is 1.63. The predicted octanol–water partition coefficient (Wildman–Crippen LogP) is 2.49. The van der Waals surface area contributed by atoms with Gasteiger partial charge < -0.3 is 0 Å². The summed E-state index contributed by atoms with van der Waals surface area (Å²) in [6.07, 6.45) is 8.14. The van der Waals surface area contributed by atoms with Crippen molar-refractivity contribution in [2.45, 2.75) is 41.7 Å². The molecule has 2 saturated heterocycles. The van der Waals surface area contributed by atoms with E-state index in [1.54, 1.807) is 32.1 Å². The van der Waals surface area contributed by atoms with E-state index >= 15 is 0 Å². The van der Waals surface area contributed by atoms with Gasteiger partial charge in [0.05, 0.1) is 0 Å². The summed E-state index contributed by atoms with van der Waals surface area (Å²) in [7, 11) is 0. The van der Waals surface area contributed by atoms with E-state index in [9.17, 15) is 0 Å². The van der Waals surface area contributed by atoms with Crippen LogP contribution in [0.2, 0.25) is 9.63 Å². The third-order valence-electron chi connectivity index (χ3n) is 3.44. The molecule has 0 aromatic rings. The van der Waals surface area contributed by atoms with E-state index in [1.165, 1.54) is 21.5 Å². The van der Waals surface area contributed by atoms with E-state index < -0.39 is 0 Å². The Morgan fingerprint density at radius 3 is 1.60 bits per heavy atom. The first-order chi connectivity index (χ1) is 4.90. The Labute approximate surface area is 68.9 Å². The van der Waals surface area contributed by atoms with Gasteiger partial charge >= 0.3 is 68.5 Å². The first-order valence-corrected chi connectivity index (χ1v) is 6.53. The molecule has 2 aliphatic heterocycles. The molecule has 0 N–H and O–H groups in total. The molecule has 4 rings (SSSR count). The molecule has 1 heteroatoms. The van der Waals surface area contributed by atoms with Gasteiger partial charge in [-0.15, -0.1) is 0 Å². The third-order valence-corrected chi connectivity index (χ3v) is 6.67. The summed E-state index contributed by atoms with van der Waals surface area (Å²) in [5.41, 5.74) is 0. The normalized spacial score (nSPS) is 57.6. The van der Waals surface area contributed by atoms with Gasteiger partial charge in [-0.1, -0.05) is 0 Å². The van der Waals surface area contributed by atoms with Crippen LogP contribution in [0, 0.1) is 11.8 Å². The second-order valence-electron chi connectivity index (χ2n) is 4.29. The van der Waals surface area contributed by atoms with Crippen molar-refractivity contribution in [3.8, 4) is 0 Å². The molecular weight excluding hydrogens is 187 g/mol. The Hall–Kier alpha value is 0.519. The summed E-state index contributed by atoms with van der Waals surface area (Å²) < 4.78 is 0. The SMILES string of the molecule is C1C2CC3CC1CC(C2)[Se]3. The minimum atomic E-state index is 1.08. The standard InChI is InChI=1S/C9H14Se/c1-6-2-8-4-7(1)5-9(3-6)10-8/h6-9H,1-5H2. The van der Waals surface area contributed by atoms with Crippen LogP contribution in [0.1, 0.15) is 32.1 Å². The van der Waals surface area contributed by atoms with Crippen LogP contribution < -0.4 is 0 Å². The molecule has 0 aromatic heterocycles. The number of hydrogen-bond acceptors (Lipinski definition) is 0. The Kier molecular flexibility index (Phi) is 1.23. The fourth-order valence-electron chi connectivity index (χ4n) is 3.22. The Morgan fingerprint density at radius 1 is 0.700 bits per heavy atom. The van der Waals surface area contributed by atoms with Crippen LogP contribution in [-0.2, 0) is 0 Å². The molecule has 4 fully saturated rings. The van der Waals surface area contributed by atoms with Crippen molar-refractivity contribution in [2.75, 3.05) is 0 Å². The van der Waals surface area contributed by atoms with Gasteiger partial charge in [0.25, 0.3) is 0 Å². The van der Waals surface area contributed by atoms with Crippen LogP contribution in [0.15, 0.2) is 0 Å². The van der Waals surface area contributed by atoms with Crippen molar-refractivity contribution >= 4 is 15.0 Å². The zero-order valence-electron chi connectivity index (χ0n) is 6.25. The zero-order valence-corrected chi connectivity index (χ0v) is 7.97. The minimum absolute atomic E-state index is 1.08. The molecule has 4 bridgehead atoms. The van der Waals surface area contributed by atoms with E-state index in [0.29, 0.717) is 0 Å². The molecule has 0 amide bonds. The van der Waals surface area contributed by atoms with Crippen molar-refractivity contribution in [3.63, 3.8) is 0 Å². The molecule has 0 nitrogen and oxygen atoms in total. The summed E-state index contributed by atoms with van der Waals surface area (Å²) in [4.78, 5) is 2.48. The number of rotatable bonds is 0. The molecule has 56 valence electrons. The average Bonchev–Trinajstić information content (AvgIpc) is 1.82. The Balaban J connectivity index is 1.90. The van der Waals surface area contributed by atoms with Crippen LogP contribution in [0.4, 0.5) is 0 Å². The van der Waals surface area contributed by atoms with E-state index in [4.69, 9.17) is 0 Å². The second-order valence-corrected chi connectivity index (χ2v) is 7.66. The van der Waals surface area contributed by atoms with E-state index in [1.807, 2.05) is 0 Å². The van der Waals surface area contributed by atoms with Crippen LogP contribution >= 0.6 is 0 Å². The van der Waals surface area contributed by atoms with Gasteiger partial charge in [0.1, 0.15) is 0 Å². The van der Waals surface area contributed by atoms with Crippen molar-refractivity contribution in [3.05, 3.63) is 0 Å². The maximum atomic E-state index is 1.63. The van der Waals surface area contributed by atoms with Gasteiger partial charge in [-0.25, -0.2) is 0 Å². The van der Waals surface area contributed by atoms with Crippen molar-refractivity contribution < 1.29 is 0 Å². The third kappa shape index (κ3) is 0.801. The topological polar surface area (TPSA) is 0 Å². The monoisotopic (exact) mass is 202 g/mol. The second kappa shape index (κ2) is 2.01. The molecule has 2 saturated carbocycles. The molecular formula is C9H14Se. The van der Waals surface area contributed by atoms with Gasteiger partial charge in [0.15, 0.2) is 0 Å². The molecule has 0 aromatic carbocycles. The van der Waals surface area contributed by atoms with Crippen LogP contribution in [0.25, 0.3) is 0 Å². The van der Waals surface area contributed by atoms with E-state index in [0.717, 1.165) is 15.0 Å². The van der Waals surface area contributed by atoms with Gasteiger partial charge in [0, 0.05) is 0 Å². The average molecular weight is 201 g/mol. The fraction of sp³-hybridized carbons (Fsp3) is 1.00. The summed E-state index contributed by atoms with van der Waals surface area (Å²) in [6, 6.07) is 0. The van der Waals surface area contributed by atoms with Crippen LogP contribution in [-0.4, -0.2) is 15.0 Å². The molecule has 4 aliphatic rings. The first kappa shape index (κ1) is 6.08. The Morgan fingerprint density at radius 2 is 1.20 bits per heavy atom. The van der Waals surface area contributed by atoms with Crippen molar-refractivity contribution in [1.82, 2.24) is 0 Å². The molecule has 2 heterocycles. The van der Waals surface area contributed by atoms with E-state index in [2.05, 4.69) is 0 Å².